The summed E-state index contributed by atoms with van der Waals surface area (Å²) in [5.74, 6) is -7.54. The quantitative estimate of drug-likeness (QED) is 0.0650. The van der Waals surface area contributed by atoms with Gasteiger partial charge in [-0.2, -0.15) is 0 Å². The van der Waals surface area contributed by atoms with Gasteiger partial charge in [0.1, 0.15) is 49.3 Å². The second-order valence-electron chi connectivity index (χ2n) is 14.0. The molecule has 11 N–H and O–H groups in total. The van der Waals surface area contributed by atoms with Crippen LogP contribution in [-0.2, 0) is 47.5 Å². The fourth-order valence-corrected chi connectivity index (χ4v) is 8.02. The van der Waals surface area contributed by atoms with Gasteiger partial charge in [0.15, 0.2) is 12.4 Å². The minimum atomic E-state index is -2.02. The summed E-state index contributed by atoms with van der Waals surface area (Å²) in [6.07, 6.45) is -18.2. The summed E-state index contributed by atoms with van der Waals surface area (Å²) in [6.45, 7) is -2.73. The molecular weight excluding hydrogens is 792 g/mol. The number of carboxylic acid groups (broad SMARTS) is 1. The van der Waals surface area contributed by atoms with Gasteiger partial charge in [-0.1, -0.05) is 12.2 Å². The van der Waals surface area contributed by atoms with Crippen LogP contribution in [0.1, 0.15) is 0 Å². The van der Waals surface area contributed by atoms with E-state index < -0.39 is 159 Å². The SMILES string of the molecule is CSC(=O)OCC1=C[C@@H](O)[C@@H]2C(C(=O)O[C@H]3[C@H](O[C@@H]4OC=C(C(=O)O)[C@@H]5[C@H]4C(CO)=C[C@H]5O)O[C@H](CO)[C@@H](O)[C@@H]3O)=CO[C@@H](O[C@@H]3O[C@H](CO)[C@@H](O)[C@H](O)[C@H]3O)[C@H]12. The number of hydrogen-bond donors (Lipinski definition) is 11. The third kappa shape index (κ3) is 8.33. The first kappa shape index (κ1) is 43.3. The van der Waals surface area contributed by atoms with Crippen molar-refractivity contribution in [3.63, 3.8) is 0 Å². The summed E-state index contributed by atoms with van der Waals surface area (Å²) >= 11 is 0.742. The number of carbonyl (C=O) groups excluding carboxylic acids is 2. The lowest BCUT2D eigenvalue weighted by molar-refractivity contribution is -0.342. The Balaban J connectivity index is 1.27. The van der Waals surface area contributed by atoms with E-state index in [4.69, 9.17) is 37.9 Å². The molecule has 6 aliphatic rings. The molecule has 0 saturated carbocycles. The predicted octanol–water partition coefficient (Wildman–Crippen LogP) is -4.71. The predicted molar refractivity (Wildman–Crippen MR) is 181 cm³/mol. The summed E-state index contributed by atoms with van der Waals surface area (Å²) in [6, 6.07) is 0. The molecule has 22 nitrogen and oxygen atoms in total. The molecule has 0 unspecified atom stereocenters. The largest absolute Gasteiger partial charge is 0.478 e. The summed E-state index contributed by atoms with van der Waals surface area (Å²) in [5, 5.41) is 114. The van der Waals surface area contributed by atoms with Crippen LogP contribution in [0, 0.1) is 23.7 Å². The standard InChI is InChI=1S/C34H44O22S/c1-57-34(48)51-7-11-3-15(39)21-13(9-50-31(19(11)21)55-32-26(44)24(42)22(40)16(5-36)52-32)29(47)54-27-25(43)23(41)17(6-37)53-33(27)56-30-18-10(4-35)2-14(38)20(18)12(8-49-30)28(45)46/h2-3,8-9,14-27,30-33,35-44H,4-7H2,1H3,(H,45,46)/t14-,15-,16-,17-,18-,19-,20+,21+,22-,23-,24+,25+,26-,27-,30+,31+,32+,33+/m1/s1. The molecule has 2 aliphatic carbocycles. The van der Waals surface area contributed by atoms with E-state index in [2.05, 4.69) is 0 Å². The molecule has 0 bridgehead atoms. The van der Waals surface area contributed by atoms with Gasteiger partial charge in [-0.25, -0.2) is 14.4 Å². The highest BCUT2D eigenvalue weighted by molar-refractivity contribution is 8.12. The van der Waals surface area contributed by atoms with E-state index in [9.17, 15) is 70.6 Å². The highest BCUT2D eigenvalue weighted by atomic mass is 32.2. The molecule has 318 valence electrons. The Bertz CT molecular complexity index is 1630. The average molecular weight is 837 g/mol. The van der Waals surface area contributed by atoms with Crippen molar-refractivity contribution in [2.24, 2.45) is 23.7 Å². The van der Waals surface area contributed by atoms with Crippen molar-refractivity contribution in [2.45, 2.75) is 86.2 Å². The second kappa shape index (κ2) is 17.9. The van der Waals surface area contributed by atoms with Crippen LogP contribution in [0.4, 0.5) is 4.79 Å². The second-order valence-corrected chi connectivity index (χ2v) is 14.7. The van der Waals surface area contributed by atoms with E-state index >= 15 is 0 Å². The Morgan fingerprint density at radius 2 is 1.19 bits per heavy atom. The smallest absolute Gasteiger partial charge is 0.367 e. The van der Waals surface area contributed by atoms with Gasteiger partial charge in [0.05, 0.1) is 67.5 Å². The van der Waals surface area contributed by atoms with Crippen molar-refractivity contribution in [3.8, 4) is 0 Å². The number of aliphatic carboxylic acids is 1. The Kier molecular flexibility index (Phi) is 13.6. The first-order valence-corrected chi connectivity index (χ1v) is 18.9. The van der Waals surface area contributed by atoms with Crippen molar-refractivity contribution in [3.05, 3.63) is 47.0 Å². The van der Waals surface area contributed by atoms with Crippen molar-refractivity contribution >= 4 is 29.0 Å². The fourth-order valence-electron chi connectivity index (χ4n) is 7.85. The van der Waals surface area contributed by atoms with Gasteiger partial charge in [0.2, 0.25) is 18.9 Å². The molecule has 0 aromatic rings. The van der Waals surface area contributed by atoms with Crippen molar-refractivity contribution in [1.29, 1.82) is 0 Å². The molecule has 23 heteroatoms. The van der Waals surface area contributed by atoms with Crippen molar-refractivity contribution < 1.29 is 108 Å². The molecule has 0 aromatic carbocycles. The Morgan fingerprint density at radius 3 is 1.77 bits per heavy atom. The monoisotopic (exact) mass is 836 g/mol. The van der Waals surface area contributed by atoms with Crippen LogP contribution in [0.25, 0.3) is 0 Å². The highest BCUT2D eigenvalue weighted by Crippen LogP contribution is 2.47. The van der Waals surface area contributed by atoms with Gasteiger partial charge in [0, 0.05) is 11.8 Å². The normalized spacial score (nSPS) is 42.6. The molecule has 0 amide bonds. The van der Waals surface area contributed by atoms with E-state index in [-0.39, 0.29) is 16.7 Å². The zero-order chi connectivity index (χ0) is 41.5. The van der Waals surface area contributed by atoms with Gasteiger partial charge < -0.3 is 94.1 Å². The maximum atomic E-state index is 14.0. The molecule has 6 rings (SSSR count). The lowest BCUT2D eigenvalue weighted by Gasteiger charge is -2.44. The number of carboxylic acids is 1. The van der Waals surface area contributed by atoms with Crippen LogP contribution in [0.15, 0.2) is 47.0 Å². The molecule has 2 saturated heterocycles. The van der Waals surface area contributed by atoms with Crippen molar-refractivity contribution in [2.75, 3.05) is 32.7 Å². The molecule has 0 radical (unpaired) electrons. The summed E-state index contributed by atoms with van der Waals surface area (Å²) < 4.78 is 45.1. The highest BCUT2D eigenvalue weighted by Gasteiger charge is 2.56. The number of fused-ring (bicyclic) bond motifs is 2. The molecular formula is C34H44O22S. The summed E-state index contributed by atoms with van der Waals surface area (Å²) in [4.78, 5) is 38.0. The number of hydrogen-bond acceptors (Lipinski definition) is 22. The minimum absolute atomic E-state index is 0.130. The lowest BCUT2D eigenvalue weighted by atomic mass is 9.82. The number of ether oxygens (including phenoxy) is 8. The van der Waals surface area contributed by atoms with E-state index in [1.54, 1.807) is 0 Å². The van der Waals surface area contributed by atoms with Gasteiger partial charge in [-0.3, -0.25) is 0 Å². The van der Waals surface area contributed by atoms with Gasteiger partial charge >= 0.3 is 17.2 Å². The van der Waals surface area contributed by atoms with Crippen LogP contribution in [0.5, 0.6) is 0 Å². The lowest BCUT2D eigenvalue weighted by Crippen LogP contribution is -2.62. The number of carbonyl (C=O) groups is 3. The van der Waals surface area contributed by atoms with E-state index in [0.717, 1.165) is 24.3 Å². The van der Waals surface area contributed by atoms with E-state index in [1.807, 2.05) is 0 Å². The molecule has 4 heterocycles. The third-order valence-corrected chi connectivity index (χ3v) is 11.2. The van der Waals surface area contributed by atoms with Crippen molar-refractivity contribution in [1.82, 2.24) is 0 Å². The van der Waals surface area contributed by atoms with Crippen LogP contribution in [-0.4, -0.2) is 192 Å². The Labute approximate surface area is 326 Å². The average Bonchev–Trinajstić information content (AvgIpc) is 3.72. The molecule has 4 aliphatic heterocycles. The third-order valence-electron chi connectivity index (χ3n) is 10.7. The number of aliphatic hydroxyl groups excluding tert-OH is 10. The van der Waals surface area contributed by atoms with Gasteiger partial charge in [0.25, 0.3) is 0 Å². The zero-order valence-electron chi connectivity index (χ0n) is 29.8. The summed E-state index contributed by atoms with van der Waals surface area (Å²) in [5.41, 5.74) is -0.454. The molecule has 0 spiro atoms. The summed E-state index contributed by atoms with van der Waals surface area (Å²) in [7, 11) is 0. The molecule has 0 aromatic heterocycles. The Morgan fingerprint density at radius 1 is 0.667 bits per heavy atom. The molecule has 18 atom stereocenters. The van der Waals surface area contributed by atoms with Crippen LogP contribution in [0.3, 0.4) is 0 Å². The van der Waals surface area contributed by atoms with Crippen LogP contribution >= 0.6 is 11.8 Å². The first-order valence-electron chi connectivity index (χ1n) is 17.6. The fraction of sp³-hybridized carbons (Fsp3) is 0.676. The maximum absolute atomic E-state index is 14.0. The van der Waals surface area contributed by atoms with Crippen LogP contribution in [0.2, 0.25) is 0 Å². The minimum Gasteiger partial charge on any atom is -0.478 e. The van der Waals surface area contributed by atoms with Gasteiger partial charge in [-0.15, -0.1) is 0 Å². The van der Waals surface area contributed by atoms with E-state index in [1.165, 1.54) is 18.4 Å². The number of thioether (sulfide) groups is 1. The number of esters is 1. The molecule has 57 heavy (non-hydrogen) atoms. The van der Waals surface area contributed by atoms with Gasteiger partial charge in [-0.05, 0) is 29.2 Å². The zero-order valence-corrected chi connectivity index (χ0v) is 30.7. The molecule has 2 fully saturated rings. The maximum Gasteiger partial charge on any atom is 0.367 e. The van der Waals surface area contributed by atoms with Crippen LogP contribution < -0.4 is 0 Å². The topological polar surface area (TPSA) is 348 Å². The number of aliphatic hydroxyl groups is 10. The number of rotatable bonds is 12. The first-order chi connectivity index (χ1) is 27.1. The van der Waals surface area contributed by atoms with E-state index in [0.29, 0.717) is 0 Å². The Hall–Kier alpha value is -3.24.